The number of carbonyl (C=O) groups is 1. The van der Waals surface area contributed by atoms with Gasteiger partial charge < -0.3 is 18.0 Å². The second-order valence-corrected chi connectivity index (χ2v) is 32.4. The summed E-state index contributed by atoms with van der Waals surface area (Å²) in [5.41, 5.74) is 3.17. The first-order valence-corrected chi connectivity index (χ1v) is 25.4. The highest BCUT2D eigenvalue weighted by molar-refractivity contribution is 6.75. The van der Waals surface area contributed by atoms with E-state index >= 15 is 0 Å². The Kier molecular flexibility index (Phi) is 10.7. The van der Waals surface area contributed by atoms with E-state index in [0.717, 1.165) is 36.1 Å². The van der Waals surface area contributed by atoms with Gasteiger partial charge in [-0.15, -0.1) is 0 Å². The van der Waals surface area contributed by atoms with E-state index in [1.807, 2.05) is 6.08 Å². The molecule has 0 amide bonds. The van der Waals surface area contributed by atoms with Gasteiger partial charge in [0.05, 0.1) is 25.9 Å². The number of fused-ring (bicyclic) bond motifs is 2. The molecule has 0 aliphatic heterocycles. The van der Waals surface area contributed by atoms with Crippen molar-refractivity contribution in [1.82, 2.24) is 0 Å². The maximum atomic E-state index is 13.4. The van der Waals surface area contributed by atoms with E-state index in [0.29, 0.717) is 13.0 Å². The van der Waals surface area contributed by atoms with E-state index < -0.39 is 25.0 Å². The van der Waals surface area contributed by atoms with Gasteiger partial charge in [-0.05, 0) is 96.9 Å². The second-order valence-electron chi connectivity index (χ2n) is 18.1. The molecule has 0 unspecified atom stereocenters. The molecule has 1 aromatic carbocycles. The Hall–Kier alpha value is -1.04. The van der Waals surface area contributed by atoms with Crippen LogP contribution in [0, 0.1) is 5.41 Å². The first kappa shape index (κ1) is 37.4. The molecule has 2 aliphatic rings. The van der Waals surface area contributed by atoms with Crippen molar-refractivity contribution in [2.24, 2.45) is 5.41 Å². The van der Waals surface area contributed by atoms with Crippen molar-refractivity contribution < 1.29 is 22.8 Å². The van der Waals surface area contributed by atoms with Gasteiger partial charge in [0.25, 0.3) is 0 Å². The fourth-order valence-corrected chi connectivity index (χ4v) is 9.30. The van der Waals surface area contributed by atoms with Crippen LogP contribution < -0.4 is 4.74 Å². The van der Waals surface area contributed by atoms with Crippen molar-refractivity contribution in [2.45, 2.75) is 155 Å². The second kappa shape index (κ2) is 12.5. The number of methoxy groups -OCH3 is 1. The maximum absolute atomic E-state index is 13.4. The lowest BCUT2D eigenvalue weighted by molar-refractivity contribution is -0.115. The Morgan fingerprint density at radius 2 is 1.41 bits per heavy atom. The molecule has 44 heavy (non-hydrogen) atoms. The van der Waals surface area contributed by atoms with Crippen molar-refractivity contribution in [1.29, 1.82) is 0 Å². The third-order valence-corrected chi connectivity index (χ3v) is 25.3. The van der Waals surface area contributed by atoms with Crippen LogP contribution in [0.3, 0.4) is 0 Å². The summed E-state index contributed by atoms with van der Waals surface area (Å²) < 4.78 is 27.1. The van der Waals surface area contributed by atoms with Gasteiger partial charge in [0.1, 0.15) is 5.75 Å². The minimum Gasteiger partial charge on any atom is -0.496 e. The first-order valence-electron chi connectivity index (χ1n) is 16.7. The third-order valence-electron chi connectivity index (χ3n) is 11.8. The SMILES string of the molecule is COc1cccc2c1C[C@@]1(CC[C@H](CO[Si](C)(C)C(C)(C)C)O[Si](C)(C)C(C)(C)C)CC(=O)C=C1[C@@H]2O[Si](C)(C)C(C)(C)C. The van der Waals surface area contributed by atoms with Gasteiger partial charge in [-0.25, -0.2) is 0 Å². The largest absolute Gasteiger partial charge is 0.496 e. The molecule has 0 saturated carbocycles. The summed E-state index contributed by atoms with van der Waals surface area (Å²) in [5, 5.41) is 0.256. The van der Waals surface area contributed by atoms with E-state index in [1.165, 1.54) is 5.56 Å². The van der Waals surface area contributed by atoms with Crippen LogP contribution >= 0.6 is 0 Å². The van der Waals surface area contributed by atoms with Crippen molar-refractivity contribution in [3.05, 3.63) is 41.0 Å². The molecule has 250 valence electrons. The summed E-state index contributed by atoms with van der Waals surface area (Å²) >= 11 is 0. The van der Waals surface area contributed by atoms with E-state index in [2.05, 4.69) is 120 Å². The molecule has 0 N–H and O–H groups in total. The van der Waals surface area contributed by atoms with Gasteiger partial charge in [-0.1, -0.05) is 74.4 Å². The summed E-state index contributed by atoms with van der Waals surface area (Å²) in [6.07, 6.45) is 4.61. The molecule has 0 fully saturated rings. The lowest BCUT2D eigenvalue weighted by Gasteiger charge is -2.47. The molecule has 3 rings (SSSR count). The molecule has 5 nitrogen and oxygen atoms in total. The molecule has 3 atom stereocenters. The zero-order valence-corrected chi connectivity index (χ0v) is 34.0. The van der Waals surface area contributed by atoms with Crippen LogP contribution in [0.1, 0.15) is 98.8 Å². The van der Waals surface area contributed by atoms with Gasteiger partial charge in [0, 0.05) is 17.4 Å². The fourth-order valence-electron chi connectivity index (χ4n) is 5.69. The molecule has 0 radical (unpaired) electrons. The quantitative estimate of drug-likeness (QED) is 0.221. The smallest absolute Gasteiger partial charge is 0.193 e. The Morgan fingerprint density at radius 1 is 0.841 bits per heavy atom. The van der Waals surface area contributed by atoms with Crippen LogP contribution in [-0.2, 0) is 24.5 Å². The highest BCUT2D eigenvalue weighted by Crippen LogP contribution is 2.58. The van der Waals surface area contributed by atoms with Gasteiger partial charge in [-0.2, -0.15) is 0 Å². The minimum absolute atomic E-state index is 0.0323. The third kappa shape index (κ3) is 7.73. The molecule has 0 spiro atoms. The standard InChI is InChI=1S/C36H64O5Si3/c1-33(2,3)42(11,12)39-25-27(40-43(13,14)34(4,5)6)20-21-36-23-26(37)22-30(36)32(41-44(15,16)35(7,8)9)28-18-17-19-31(38-10)29(28)24-36/h17-19,22,27,32H,20-21,23-25H2,1-16H3/t27-,32-,36-/m1/s1. The van der Waals surface area contributed by atoms with Crippen molar-refractivity contribution in [2.75, 3.05) is 13.7 Å². The molecule has 0 heterocycles. The average molecular weight is 661 g/mol. The van der Waals surface area contributed by atoms with Gasteiger partial charge >= 0.3 is 0 Å². The number of ketones is 1. The molecule has 2 aliphatic carbocycles. The summed E-state index contributed by atoms with van der Waals surface area (Å²) in [5.74, 6) is 1.09. The number of benzene rings is 1. The number of carbonyl (C=O) groups excluding carboxylic acids is 1. The summed E-state index contributed by atoms with van der Waals surface area (Å²) in [7, 11) is -4.48. The summed E-state index contributed by atoms with van der Waals surface area (Å²) in [4.78, 5) is 13.4. The van der Waals surface area contributed by atoms with E-state index in [4.69, 9.17) is 18.0 Å². The molecule has 0 saturated heterocycles. The molecule has 8 heteroatoms. The predicted molar refractivity (Wildman–Crippen MR) is 192 cm³/mol. The molecule has 0 bridgehead atoms. The van der Waals surface area contributed by atoms with Crippen LogP contribution in [0.15, 0.2) is 29.8 Å². The van der Waals surface area contributed by atoms with Crippen molar-refractivity contribution in [3.63, 3.8) is 0 Å². The zero-order chi connectivity index (χ0) is 33.7. The molecule has 1 aromatic rings. The van der Waals surface area contributed by atoms with Gasteiger partial charge in [-0.3, -0.25) is 4.79 Å². The van der Waals surface area contributed by atoms with E-state index in [1.54, 1.807) is 7.11 Å². The van der Waals surface area contributed by atoms with Gasteiger partial charge in [0.15, 0.2) is 30.7 Å². The number of ether oxygens (including phenoxy) is 1. The summed E-state index contributed by atoms with van der Waals surface area (Å²) in [6, 6.07) is 6.29. The number of hydrogen-bond acceptors (Lipinski definition) is 5. The fraction of sp³-hybridized carbons (Fsp3) is 0.750. The lowest BCUT2D eigenvalue weighted by atomic mass is 9.65. The molecule has 0 aromatic heterocycles. The number of hydrogen-bond donors (Lipinski definition) is 0. The van der Waals surface area contributed by atoms with E-state index in [-0.39, 0.29) is 38.5 Å². The Balaban J connectivity index is 2.05. The Bertz CT molecular complexity index is 1230. The predicted octanol–water partition coefficient (Wildman–Crippen LogP) is 10.4. The van der Waals surface area contributed by atoms with Crippen LogP contribution in [0.25, 0.3) is 0 Å². The van der Waals surface area contributed by atoms with Crippen molar-refractivity contribution in [3.8, 4) is 5.75 Å². The monoisotopic (exact) mass is 660 g/mol. The highest BCUT2D eigenvalue weighted by Gasteiger charge is 2.52. The van der Waals surface area contributed by atoms with E-state index in [9.17, 15) is 4.79 Å². The van der Waals surface area contributed by atoms with Crippen molar-refractivity contribution >= 4 is 30.7 Å². The molecular weight excluding hydrogens is 597 g/mol. The van der Waals surface area contributed by atoms with Gasteiger partial charge in [0.2, 0.25) is 0 Å². The van der Waals surface area contributed by atoms with Crippen LogP contribution in [0.2, 0.25) is 54.4 Å². The first-order chi connectivity index (χ1) is 19.8. The maximum Gasteiger partial charge on any atom is 0.193 e. The zero-order valence-electron chi connectivity index (χ0n) is 31.0. The van der Waals surface area contributed by atoms with Crippen LogP contribution in [0.4, 0.5) is 0 Å². The Labute approximate surface area is 273 Å². The van der Waals surface area contributed by atoms with Crippen LogP contribution in [-0.4, -0.2) is 50.6 Å². The normalized spacial score (nSPS) is 22.4. The highest BCUT2D eigenvalue weighted by atomic mass is 28.4. The van der Waals surface area contributed by atoms with Crippen LogP contribution in [0.5, 0.6) is 5.75 Å². The summed E-state index contributed by atoms with van der Waals surface area (Å²) in [6.45, 7) is 35.1. The lowest BCUT2D eigenvalue weighted by Crippen LogP contribution is -2.48. The average Bonchev–Trinajstić information content (AvgIpc) is 3.19. The number of allylic oxidation sites excluding steroid dienone is 1. The molecular formula is C36H64O5Si3. The Morgan fingerprint density at radius 3 is 1.93 bits per heavy atom. The topological polar surface area (TPSA) is 54.0 Å². The number of rotatable bonds is 11. The minimum atomic E-state index is -2.18.